The van der Waals surface area contributed by atoms with Crippen LogP contribution in [0.1, 0.15) is 45.4 Å². The van der Waals surface area contributed by atoms with Gasteiger partial charge in [-0.25, -0.2) is 0 Å². The molecule has 2 saturated carbocycles. The second-order valence-electron chi connectivity index (χ2n) is 5.64. The molecule has 2 rings (SSSR count). The van der Waals surface area contributed by atoms with Crippen LogP contribution >= 0.6 is 0 Å². The molecular weight excluding hydrogens is 186 g/mol. The minimum absolute atomic E-state index is 0.287. The zero-order valence-electron chi connectivity index (χ0n) is 10.1. The summed E-state index contributed by atoms with van der Waals surface area (Å²) in [5.41, 5.74) is 6.36. The van der Waals surface area contributed by atoms with Crippen molar-refractivity contribution >= 4 is 0 Å². The normalized spacial score (nSPS) is 36.2. The fourth-order valence-electron chi connectivity index (χ4n) is 3.03. The maximum Gasteiger partial charge on any atom is 0.0752 e. The van der Waals surface area contributed by atoms with E-state index in [4.69, 9.17) is 10.5 Å². The van der Waals surface area contributed by atoms with Gasteiger partial charge in [0.1, 0.15) is 0 Å². The van der Waals surface area contributed by atoms with Crippen molar-refractivity contribution in [1.29, 1.82) is 0 Å². The van der Waals surface area contributed by atoms with E-state index >= 15 is 0 Å². The summed E-state index contributed by atoms with van der Waals surface area (Å²) >= 11 is 0. The maximum absolute atomic E-state index is 6.36. The highest BCUT2D eigenvalue weighted by Gasteiger charge is 2.38. The SMILES string of the molecule is COC(C1CC1)C(N)C1CCC(C)CC1. The fraction of sp³-hybridized carbons (Fsp3) is 1.00. The topological polar surface area (TPSA) is 35.2 Å². The average Bonchev–Trinajstić information content (AvgIpc) is 3.04. The minimum atomic E-state index is 0.287. The number of ether oxygens (including phenoxy) is 1. The van der Waals surface area contributed by atoms with Crippen LogP contribution in [0.3, 0.4) is 0 Å². The highest BCUT2D eigenvalue weighted by molar-refractivity contribution is 4.92. The Hall–Kier alpha value is -0.0800. The van der Waals surface area contributed by atoms with Crippen LogP contribution in [0.25, 0.3) is 0 Å². The molecule has 2 aliphatic rings. The Bertz CT molecular complexity index is 195. The van der Waals surface area contributed by atoms with Gasteiger partial charge in [0.05, 0.1) is 6.10 Å². The summed E-state index contributed by atoms with van der Waals surface area (Å²) in [7, 11) is 1.83. The lowest BCUT2D eigenvalue weighted by atomic mass is 9.77. The Morgan fingerprint density at radius 2 is 1.53 bits per heavy atom. The molecule has 0 amide bonds. The third-order valence-electron chi connectivity index (χ3n) is 4.34. The lowest BCUT2D eigenvalue weighted by molar-refractivity contribution is 0.0355. The second kappa shape index (κ2) is 4.84. The Morgan fingerprint density at radius 1 is 1.00 bits per heavy atom. The molecule has 0 heterocycles. The van der Waals surface area contributed by atoms with Gasteiger partial charge in [0.15, 0.2) is 0 Å². The number of hydrogen-bond acceptors (Lipinski definition) is 2. The zero-order valence-corrected chi connectivity index (χ0v) is 10.1. The van der Waals surface area contributed by atoms with Crippen LogP contribution < -0.4 is 5.73 Å². The largest absolute Gasteiger partial charge is 0.380 e. The molecule has 0 aromatic rings. The molecule has 0 bridgehead atoms. The van der Waals surface area contributed by atoms with Crippen molar-refractivity contribution < 1.29 is 4.74 Å². The molecule has 2 aliphatic carbocycles. The Labute approximate surface area is 93.6 Å². The van der Waals surface area contributed by atoms with E-state index < -0.39 is 0 Å². The van der Waals surface area contributed by atoms with E-state index in [0.717, 1.165) is 11.8 Å². The average molecular weight is 211 g/mol. The van der Waals surface area contributed by atoms with Gasteiger partial charge >= 0.3 is 0 Å². The molecule has 2 nitrogen and oxygen atoms in total. The van der Waals surface area contributed by atoms with E-state index in [1.54, 1.807) is 0 Å². The predicted octanol–water partition coefficient (Wildman–Crippen LogP) is 2.57. The van der Waals surface area contributed by atoms with Gasteiger partial charge in [-0.2, -0.15) is 0 Å². The van der Waals surface area contributed by atoms with Gasteiger partial charge in [-0.05, 0) is 43.4 Å². The molecule has 0 aromatic heterocycles. The standard InChI is InChI=1S/C13H25NO/c1-9-3-5-10(6-4-9)12(14)13(15-2)11-7-8-11/h9-13H,3-8,14H2,1-2H3. The van der Waals surface area contributed by atoms with Crippen LogP contribution in [-0.4, -0.2) is 19.3 Å². The van der Waals surface area contributed by atoms with Gasteiger partial charge in [-0.15, -0.1) is 0 Å². The van der Waals surface area contributed by atoms with Crippen molar-refractivity contribution in [3.63, 3.8) is 0 Å². The third kappa shape index (κ3) is 2.73. The number of methoxy groups -OCH3 is 1. The summed E-state index contributed by atoms with van der Waals surface area (Å²) in [6, 6.07) is 0.287. The Kier molecular flexibility index (Phi) is 3.68. The number of nitrogens with two attached hydrogens (primary N) is 1. The van der Waals surface area contributed by atoms with Crippen LogP contribution in [0.4, 0.5) is 0 Å². The van der Waals surface area contributed by atoms with Crippen LogP contribution in [0, 0.1) is 17.8 Å². The van der Waals surface area contributed by atoms with E-state index in [2.05, 4.69) is 6.92 Å². The summed E-state index contributed by atoms with van der Waals surface area (Å²) in [6.07, 6.45) is 8.34. The summed E-state index contributed by atoms with van der Waals surface area (Å²) in [4.78, 5) is 0. The zero-order chi connectivity index (χ0) is 10.8. The molecule has 0 spiro atoms. The quantitative estimate of drug-likeness (QED) is 0.775. The van der Waals surface area contributed by atoms with Crippen molar-refractivity contribution in [2.24, 2.45) is 23.5 Å². The molecule has 0 aliphatic heterocycles. The molecule has 15 heavy (non-hydrogen) atoms. The fourth-order valence-corrected chi connectivity index (χ4v) is 3.03. The first-order valence-corrected chi connectivity index (χ1v) is 6.50. The van der Waals surface area contributed by atoms with Crippen LogP contribution in [0.15, 0.2) is 0 Å². The first-order chi connectivity index (χ1) is 7.22. The van der Waals surface area contributed by atoms with Crippen molar-refractivity contribution in [1.82, 2.24) is 0 Å². The first kappa shape index (κ1) is 11.4. The van der Waals surface area contributed by atoms with Gasteiger partial charge in [-0.3, -0.25) is 0 Å². The van der Waals surface area contributed by atoms with E-state index in [9.17, 15) is 0 Å². The lowest BCUT2D eigenvalue weighted by Gasteiger charge is -2.34. The summed E-state index contributed by atoms with van der Waals surface area (Å²) < 4.78 is 5.59. The Morgan fingerprint density at radius 3 is 2.00 bits per heavy atom. The van der Waals surface area contributed by atoms with Gasteiger partial charge < -0.3 is 10.5 Å². The van der Waals surface area contributed by atoms with Crippen LogP contribution in [-0.2, 0) is 4.74 Å². The predicted molar refractivity (Wildman–Crippen MR) is 62.6 cm³/mol. The summed E-state index contributed by atoms with van der Waals surface area (Å²) in [5, 5.41) is 0. The lowest BCUT2D eigenvalue weighted by Crippen LogP contribution is -2.44. The maximum atomic E-state index is 6.36. The molecule has 88 valence electrons. The van der Waals surface area contributed by atoms with Gasteiger partial charge in [0.2, 0.25) is 0 Å². The minimum Gasteiger partial charge on any atom is -0.380 e. The summed E-state index contributed by atoms with van der Waals surface area (Å²) in [6.45, 7) is 2.36. The van der Waals surface area contributed by atoms with Crippen molar-refractivity contribution in [3.05, 3.63) is 0 Å². The van der Waals surface area contributed by atoms with E-state index in [1.807, 2.05) is 7.11 Å². The Balaban J connectivity index is 1.85. The van der Waals surface area contributed by atoms with Gasteiger partial charge in [-0.1, -0.05) is 19.8 Å². The smallest absolute Gasteiger partial charge is 0.0752 e. The van der Waals surface area contributed by atoms with E-state index in [1.165, 1.54) is 38.5 Å². The van der Waals surface area contributed by atoms with Crippen molar-refractivity contribution in [2.45, 2.75) is 57.6 Å². The molecule has 2 atom stereocenters. The van der Waals surface area contributed by atoms with Crippen molar-refractivity contribution in [3.8, 4) is 0 Å². The third-order valence-corrected chi connectivity index (χ3v) is 4.34. The van der Waals surface area contributed by atoms with E-state index in [-0.39, 0.29) is 6.04 Å². The van der Waals surface area contributed by atoms with Gasteiger partial charge in [0, 0.05) is 13.2 Å². The highest BCUT2D eigenvalue weighted by Crippen LogP contribution is 2.39. The molecule has 2 unspecified atom stereocenters. The summed E-state index contributed by atoms with van der Waals surface area (Å²) in [5.74, 6) is 2.39. The molecule has 2 fully saturated rings. The molecule has 2 N–H and O–H groups in total. The van der Waals surface area contributed by atoms with Crippen LogP contribution in [0.5, 0.6) is 0 Å². The molecule has 0 saturated heterocycles. The number of rotatable bonds is 4. The van der Waals surface area contributed by atoms with Gasteiger partial charge in [0.25, 0.3) is 0 Å². The molecule has 0 radical (unpaired) electrons. The van der Waals surface area contributed by atoms with E-state index in [0.29, 0.717) is 12.0 Å². The molecular formula is C13H25NO. The number of hydrogen-bond donors (Lipinski definition) is 1. The molecule has 0 aromatic carbocycles. The highest BCUT2D eigenvalue weighted by atomic mass is 16.5. The van der Waals surface area contributed by atoms with Crippen LogP contribution in [0.2, 0.25) is 0 Å². The monoisotopic (exact) mass is 211 g/mol. The molecule has 2 heteroatoms. The first-order valence-electron chi connectivity index (χ1n) is 6.50. The second-order valence-corrected chi connectivity index (χ2v) is 5.64. The van der Waals surface area contributed by atoms with Crippen molar-refractivity contribution in [2.75, 3.05) is 7.11 Å².